The minimum Gasteiger partial charge on any atom is -0.444 e. The molecule has 0 aliphatic heterocycles. The minimum absolute atomic E-state index is 0.0317. The highest BCUT2D eigenvalue weighted by atomic mass is 32.2. The lowest BCUT2D eigenvalue weighted by atomic mass is 9.99. The predicted octanol–water partition coefficient (Wildman–Crippen LogP) is 7.51. The molecule has 0 aliphatic rings. The van der Waals surface area contributed by atoms with Crippen LogP contribution >= 0.6 is 11.8 Å². The van der Waals surface area contributed by atoms with E-state index >= 15 is 0 Å². The SMILES string of the molecule is C=Cc1cccc(C(C(=O)NC(C)CCC)N(CCCCCCCC)C(=O)C(CCSC)NC(=O)OC(C)(C)C)c1. The van der Waals surface area contributed by atoms with Gasteiger partial charge in [-0.3, -0.25) is 9.59 Å². The van der Waals surface area contributed by atoms with Gasteiger partial charge < -0.3 is 20.3 Å². The molecule has 0 bridgehead atoms. The lowest BCUT2D eigenvalue weighted by Gasteiger charge is -2.35. The van der Waals surface area contributed by atoms with E-state index in [1.165, 1.54) is 6.42 Å². The number of amides is 3. The van der Waals surface area contributed by atoms with Crippen molar-refractivity contribution < 1.29 is 19.1 Å². The number of rotatable bonds is 19. The van der Waals surface area contributed by atoms with Gasteiger partial charge in [0, 0.05) is 12.6 Å². The molecular formula is C33H55N3O4S. The van der Waals surface area contributed by atoms with Crippen molar-refractivity contribution in [3.63, 3.8) is 0 Å². The summed E-state index contributed by atoms with van der Waals surface area (Å²) in [6.07, 6.45) is 11.6. The summed E-state index contributed by atoms with van der Waals surface area (Å²) in [5.41, 5.74) is 0.904. The molecule has 0 aliphatic carbocycles. The van der Waals surface area contributed by atoms with Crippen LogP contribution in [0.3, 0.4) is 0 Å². The fourth-order valence-electron chi connectivity index (χ4n) is 4.73. The number of thioether (sulfide) groups is 1. The summed E-state index contributed by atoms with van der Waals surface area (Å²) in [4.78, 5) is 42.8. The van der Waals surface area contributed by atoms with Gasteiger partial charge in [-0.05, 0) is 76.2 Å². The van der Waals surface area contributed by atoms with Crippen LogP contribution in [0.25, 0.3) is 6.08 Å². The molecule has 41 heavy (non-hydrogen) atoms. The molecule has 0 saturated carbocycles. The van der Waals surface area contributed by atoms with Crippen LogP contribution in [0.2, 0.25) is 0 Å². The number of ether oxygens (including phenoxy) is 1. The standard InChI is InChI=1S/C33H55N3O4S/c1-9-12-13-14-15-16-22-36(31(38)28(21-23-41-8)35-32(39)40-33(5,6)7)29(30(37)34-25(4)18-10-2)27-20-17-19-26(11-3)24-27/h11,17,19-20,24-25,28-29H,3,9-10,12-16,18,21-23H2,1-2,4-8H3,(H,34,37)(H,35,39). The van der Waals surface area contributed by atoms with Crippen molar-refractivity contribution in [2.75, 3.05) is 18.6 Å². The zero-order valence-electron chi connectivity index (χ0n) is 26.6. The molecule has 3 amide bonds. The zero-order valence-corrected chi connectivity index (χ0v) is 27.4. The van der Waals surface area contributed by atoms with Gasteiger partial charge in [-0.15, -0.1) is 0 Å². The van der Waals surface area contributed by atoms with Crippen LogP contribution in [0.5, 0.6) is 0 Å². The van der Waals surface area contributed by atoms with Crippen LogP contribution < -0.4 is 10.6 Å². The van der Waals surface area contributed by atoms with Crippen LogP contribution in [0.4, 0.5) is 4.79 Å². The highest BCUT2D eigenvalue weighted by Gasteiger charge is 2.36. The molecule has 0 aromatic heterocycles. The number of hydrogen-bond donors (Lipinski definition) is 2. The second-order valence-electron chi connectivity index (χ2n) is 11.8. The molecule has 3 atom stereocenters. The van der Waals surface area contributed by atoms with Gasteiger partial charge in [-0.2, -0.15) is 11.8 Å². The number of benzene rings is 1. The molecule has 1 rings (SSSR count). The molecule has 232 valence electrons. The third kappa shape index (κ3) is 14.3. The maximum atomic E-state index is 14.3. The summed E-state index contributed by atoms with van der Waals surface area (Å²) in [5.74, 6) is 0.186. The number of carbonyl (C=O) groups is 3. The van der Waals surface area contributed by atoms with Gasteiger partial charge in [0.1, 0.15) is 17.7 Å². The highest BCUT2D eigenvalue weighted by molar-refractivity contribution is 7.98. The van der Waals surface area contributed by atoms with E-state index in [0.717, 1.165) is 56.1 Å². The molecule has 2 N–H and O–H groups in total. The molecule has 8 heteroatoms. The van der Waals surface area contributed by atoms with Crippen molar-refractivity contribution in [3.05, 3.63) is 42.0 Å². The van der Waals surface area contributed by atoms with E-state index in [2.05, 4.69) is 31.1 Å². The summed E-state index contributed by atoms with van der Waals surface area (Å²) in [5, 5.41) is 5.97. The Hall–Kier alpha value is -2.48. The van der Waals surface area contributed by atoms with Crippen molar-refractivity contribution in [1.82, 2.24) is 15.5 Å². The van der Waals surface area contributed by atoms with Crippen molar-refractivity contribution in [2.45, 2.75) is 123 Å². The van der Waals surface area contributed by atoms with Gasteiger partial charge >= 0.3 is 6.09 Å². The summed E-state index contributed by atoms with van der Waals surface area (Å²) >= 11 is 1.61. The van der Waals surface area contributed by atoms with Gasteiger partial charge in [-0.1, -0.05) is 83.2 Å². The van der Waals surface area contributed by atoms with E-state index in [1.807, 2.05) is 37.4 Å². The first-order chi connectivity index (χ1) is 19.5. The Morgan fingerprint density at radius 1 is 1.02 bits per heavy atom. The molecular weight excluding hydrogens is 534 g/mol. The maximum absolute atomic E-state index is 14.3. The third-order valence-corrected chi connectivity index (χ3v) is 7.41. The normalized spacial score (nSPS) is 13.5. The average molecular weight is 590 g/mol. The van der Waals surface area contributed by atoms with Crippen LogP contribution in [0, 0.1) is 0 Å². The Morgan fingerprint density at radius 3 is 2.32 bits per heavy atom. The average Bonchev–Trinajstić information content (AvgIpc) is 2.90. The Bertz CT molecular complexity index is 947. The number of hydrogen-bond acceptors (Lipinski definition) is 5. The molecule has 3 unspecified atom stereocenters. The van der Waals surface area contributed by atoms with Crippen molar-refractivity contribution in [1.29, 1.82) is 0 Å². The Morgan fingerprint density at radius 2 is 1.71 bits per heavy atom. The molecule has 0 fully saturated rings. The topological polar surface area (TPSA) is 87.7 Å². The maximum Gasteiger partial charge on any atom is 0.408 e. The van der Waals surface area contributed by atoms with Gasteiger partial charge in [-0.25, -0.2) is 4.79 Å². The first-order valence-corrected chi connectivity index (χ1v) is 16.7. The molecule has 0 saturated heterocycles. The van der Waals surface area contributed by atoms with E-state index in [-0.39, 0.29) is 17.9 Å². The van der Waals surface area contributed by atoms with E-state index in [0.29, 0.717) is 18.7 Å². The predicted molar refractivity (Wildman–Crippen MR) is 173 cm³/mol. The molecule has 1 aromatic carbocycles. The van der Waals surface area contributed by atoms with Gasteiger partial charge in [0.2, 0.25) is 11.8 Å². The van der Waals surface area contributed by atoms with Crippen molar-refractivity contribution in [2.24, 2.45) is 0 Å². The highest BCUT2D eigenvalue weighted by Crippen LogP contribution is 2.26. The van der Waals surface area contributed by atoms with Crippen LogP contribution in [-0.2, 0) is 14.3 Å². The first-order valence-electron chi connectivity index (χ1n) is 15.3. The first kappa shape index (κ1) is 36.5. The Labute approximate surface area is 253 Å². The monoisotopic (exact) mass is 589 g/mol. The summed E-state index contributed by atoms with van der Waals surface area (Å²) < 4.78 is 5.50. The van der Waals surface area contributed by atoms with Crippen molar-refractivity contribution >= 4 is 35.7 Å². The van der Waals surface area contributed by atoms with Crippen LogP contribution in [0.1, 0.15) is 116 Å². The van der Waals surface area contributed by atoms with Gasteiger partial charge in [0.25, 0.3) is 0 Å². The lowest BCUT2D eigenvalue weighted by Crippen LogP contribution is -2.54. The number of alkyl carbamates (subject to hydrolysis) is 1. The summed E-state index contributed by atoms with van der Waals surface area (Å²) in [6.45, 7) is 15.9. The second kappa shape index (κ2) is 19.6. The van der Waals surface area contributed by atoms with E-state index < -0.39 is 23.8 Å². The van der Waals surface area contributed by atoms with E-state index in [9.17, 15) is 14.4 Å². The number of nitrogens with one attached hydrogen (secondary N) is 2. The molecule has 1 aromatic rings. The smallest absolute Gasteiger partial charge is 0.408 e. The van der Waals surface area contributed by atoms with E-state index in [4.69, 9.17) is 4.74 Å². The zero-order chi connectivity index (χ0) is 30.8. The van der Waals surface area contributed by atoms with Crippen LogP contribution in [-0.4, -0.2) is 59.0 Å². The van der Waals surface area contributed by atoms with Crippen LogP contribution in [0.15, 0.2) is 30.8 Å². The quantitative estimate of drug-likeness (QED) is 0.163. The molecule has 7 nitrogen and oxygen atoms in total. The summed E-state index contributed by atoms with van der Waals surface area (Å²) in [7, 11) is 0. The number of unbranched alkanes of at least 4 members (excludes halogenated alkanes) is 5. The minimum atomic E-state index is -0.838. The fourth-order valence-corrected chi connectivity index (χ4v) is 5.20. The van der Waals surface area contributed by atoms with Gasteiger partial charge in [0.05, 0.1) is 0 Å². The summed E-state index contributed by atoms with van der Waals surface area (Å²) in [6, 6.07) is 5.94. The third-order valence-electron chi connectivity index (χ3n) is 6.77. The number of carbonyl (C=O) groups excluding carboxylic acids is 3. The molecule has 0 spiro atoms. The molecule has 0 radical (unpaired) electrons. The Kier molecular flexibility index (Phi) is 17.5. The number of nitrogens with zero attached hydrogens (tertiary/aromatic N) is 1. The van der Waals surface area contributed by atoms with Gasteiger partial charge in [0.15, 0.2) is 0 Å². The fraction of sp³-hybridized carbons (Fsp3) is 0.667. The molecule has 0 heterocycles. The Balaban J connectivity index is 3.50. The van der Waals surface area contributed by atoms with Crippen molar-refractivity contribution in [3.8, 4) is 0 Å². The largest absolute Gasteiger partial charge is 0.444 e. The lowest BCUT2D eigenvalue weighted by molar-refractivity contribution is -0.143. The van der Waals surface area contributed by atoms with E-state index in [1.54, 1.807) is 43.5 Å². The second-order valence-corrected chi connectivity index (χ2v) is 12.7.